The lowest BCUT2D eigenvalue weighted by Gasteiger charge is -2.39. The summed E-state index contributed by atoms with van der Waals surface area (Å²) in [4.78, 5) is 18.7. The zero-order valence-corrected chi connectivity index (χ0v) is 25.4. The summed E-state index contributed by atoms with van der Waals surface area (Å²) in [5, 5.41) is 0.597. The van der Waals surface area contributed by atoms with E-state index < -0.39 is 41.6 Å². The number of piperidine rings is 1. The van der Waals surface area contributed by atoms with Gasteiger partial charge in [-0.05, 0) is 85.3 Å². The van der Waals surface area contributed by atoms with Gasteiger partial charge < -0.3 is 14.7 Å². The molecule has 1 atom stereocenters. The molecule has 2 aliphatic heterocycles. The van der Waals surface area contributed by atoms with E-state index in [4.69, 9.17) is 23.2 Å². The Labute approximate surface area is 262 Å². The number of nitrogens with zero attached hydrogens (tertiary/aromatic N) is 3. The monoisotopic (exact) mass is 657 g/mol. The highest BCUT2D eigenvalue weighted by Gasteiger charge is 2.49. The van der Waals surface area contributed by atoms with Crippen molar-refractivity contribution in [2.24, 2.45) is 0 Å². The Hall–Kier alpha value is -2.95. The average Bonchev–Trinajstić information content (AvgIpc) is 3.22. The van der Waals surface area contributed by atoms with E-state index in [-0.39, 0.29) is 23.2 Å². The van der Waals surface area contributed by atoms with Crippen molar-refractivity contribution >= 4 is 29.2 Å². The molecular weight excluding hydrogens is 627 g/mol. The number of hydrogen-bond donors (Lipinski definition) is 0. The number of benzene rings is 3. The average molecular weight is 659 g/mol. The normalized spacial score (nSPS) is 20.5. The van der Waals surface area contributed by atoms with E-state index in [0.29, 0.717) is 41.6 Å². The zero-order chi connectivity index (χ0) is 31.9. The van der Waals surface area contributed by atoms with Gasteiger partial charge in [-0.3, -0.25) is 0 Å². The van der Waals surface area contributed by atoms with E-state index in [9.17, 15) is 31.1 Å². The number of likely N-dealkylation sites (tertiary alicyclic amines) is 1. The summed E-state index contributed by atoms with van der Waals surface area (Å²) in [6.07, 6.45) is -7.56. The highest BCUT2D eigenvalue weighted by atomic mass is 35.5. The Morgan fingerprint density at radius 2 is 1.45 bits per heavy atom. The third-order valence-electron chi connectivity index (χ3n) is 8.83. The first-order valence-corrected chi connectivity index (χ1v) is 15.0. The number of likely N-dealkylation sites (N-methyl/N-ethyl adjacent to an activating group) is 1. The fourth-order valence-corrected chi connectivity index (χ4v) is 6.66. The number of carbonyl (C=O) groups is 1. The van der Waals surface area contributed by atoms with Gasteiger partial charge in [-0.1, -0.05) is 59.6 Å². The molecular formula is C32H31Cl2F6N3O. The molecule has 0 saturated carbocycles. The summed E-state index contributed by atoms with van der Waals surface area (Å²) in [6, 6.07) is 16.3. The Morgan fingerprint density at radius 3 is 2.02 bits per heavy atom. The van der Waals surface area contributed by atoms with Crippen molar-refractivity contribution in [2.45, 2.75) is 49.6 Å². The number of rotatable bonds is 7. The van der Waals surface area contributed by atoms with Crippen LogP contribution in [-0.2, 0) is 24.4 Å². The SMILES string of the molecule is CN1C(=O)N(Cc2cc(C(F)(F)F)cc(C(F)(F)F)c2)CC1(CCN1CCC(c2ccccc2)CC1)c1ccc(Cl)c(Cl)c1. The molecule has 3 aromatic rings. The Bertz CT molecular complexity index is 1460. The van der Waals surface area contributed by atoms with Crippen molar-refractivity contribution in [1.82, 2.24) is 14.7 Å². The van der Waals surface area contributed by atoms with Gasteiger partial charge in [0.1, 0.15) is 0 Å². The van der Waals surface area contributed by atoms with Crippen LogP contribution < -0.4 is 0 Å². The Morgan fingerprint density at radius 1 is 0.841 bits per heavy atom. The van der Waals surface area contributed by atoms with Gasteiger partial charge >= 0.3 is 18.4 Å². The second kappa shape index (κ2) is 12.4. The van der Waals surface area contributed by atoms with Crippen molar-refractivity contribution in [1.29, 1.82) is 0 Å². The Kier molecular flexibility index (Phi) is 9.18. The van der Waals surface area contributed by atoms with Gasteiger partial charge in [0.15, 0.2) is 0 Å². The van der Waals surface area contributed by atoms with Crippen LogP contribution in [0, 0.1) is 0 Å². The van der Waals surface area contributed by atoms with Crippen molar-refractivity contribution in [3.63, 3.8) is 0 Å². The molecule has 5 rings (SSSR count). The van der Waals surface area contributed by atoms with Crippen LogP contribution >= 0.6 is 23.2 Å². The number of halogens is 8. The quantitative estimate of drug-likeness (QED) is 0.237. The van der Waals surface area contributed by atoms with Gasteiger partial charge in [0.2, 0.25) is 0 Å². The second-order valence-electron chi connectivity index (χ2n) is 11.5. The number of urea groups is 1. The molecule has 3 aromatic carbocycles. The summed E-state index contributed by atoms with van der Waals surface area (Å²) < 4.78 is 81.1. The predicted octanol–water partition coefficient (Wildman–Crippen LogP) is 9.06. The van der Waals surface area contributed by atoms with Gasteiger partial charge in [0.25, 0.3) is 0 Å². The minimum absolute atomic E-state index is 0.0401. The molecule has 2 saturated heterocycles. The van der Waals surface area contributed by atoms with E-state index in [2.05, 4.69) is 17.0 Å². The standard InChI is InChI=1S/C32H31Cl2F6N3O/c1-41-29(44)43(19-21-15-25(31(35,36)37)17-26(16-21)32(38,39)40)20-30(41,24-7-8-27(33)28(34)18-24)11-14-42-12-9-23(10-13-42)22-5-3-2-4-6-22/h2-8,15-18,23H,9-14,19-20H2,1H3. The lowest BCUT2D eigenvalue weighted by Crippen LogP contribution is -2.45. The van der Waals surface area contributed by atoms with Gasteiger partial charge in [-0.2, -0.15) is 26.3 Å². The van der Waals surface area contributed by atoms with E-state index in [0.717, 1.165) is 25.9 Å². The molecule has 2 fully saturated rings. The van der Waals surface area contributed by atoms with Crippen molar-refractivity contribution < 1.29 is 31.1 Å². The molecule has 4 nitrogen and oxygen atoms in total. The molecule has 0 bridgehead atoms. The lowest BCUT2D eigenvalue weighted by molar-refractivity contribution is -0.143. The van der Waals surface area contributed by atoms with Gasteiger partial charge in [0, 0.05) is 20.1 Å². The predicted molar refractivity (Wildman–Crippen MR) is 158 cm³/mol. The van der Waals surface area contributed by atoms with Crippen LogP contribution in [-0.4, -0.2) is 54.0 Å². The van der Waals surface area contributed by atoms with E-state index in [1.54, 1.807) is 25.2 Å². The minimum atomic E-state index is -4.99. The molecule has 0 aliphatic carbocycles. The zero-order valence-electron chi connectivity index (χ0n) is 23.9. The largest absolute Gasteiger partial charge is 0.416 e. The molecule has 2 aliphatic rings. The molecule has 2 amide bonds. The molecule has 1 unspecified atom stereocenters. The molecule has 2 heterocycles. The van der Waals surface area contributed by atoms with Gasteiger partial charge in [-0.25, -0.2) is 4.79 Å². The summed E-state index contributed by atoms with van der Waals surface area (Å²) in [7, 11) is 1.60. The van der Waals surface area contributed by atoms with Crippen LogP contribution in [0.2, 0.25) is 10.0 Å². The van der Waals surface area contributed by atoms with Gasteiger partial charge in [0.05, 0.1) is 33.3 Å². The number of hydrogen-bond acceptors (Lipinski definition) is 2. The molecule has 44 heavy (non-hydrogen) atoms. The molecule has 0 aromatic heterocycles. The first kappa shape index (κ1) is 32.4. The van der Waals surface area contributed by atoms with E-state index in [1.165, 1.54) is 15.4 Å². The number of alkyl halides is 6. The van der Waals surface area contributed by atoms with Crippen molar-refractivity contribution in [2.75, 3.05) is 33.2 Å². The van der Waals surface area contributed by atoms with E-state index >= 15 is 0 Å². The third kappa shape index (κ3) is 6.82. The molecule has 0 radical (unpaired) electrons. The minimum Gasteiger partial charge on any atom is -0.318 e. The first-order valence-electron chi connectivity index (χ1n) is 14.2. The number of carbonyl (C=O) groups excluding carboxylic acids is 1. The smallest absolute Gasteiger partial charge is 0.318 e. The third-order valence-corrected chi connectivity index (χ3v) is 9.57. The topological polar surface area (TPSA) is 26.8 Å². The van der Waals surface area contributed by atoms with Crippen LogP contribution in [0.5, 0.6) is 0 Å². The molecule has 236 valence electrons. The second-order valence-corrected chi connectivity index (χ2v) is 12.4. The highest BCUT2D eigenvalue weighted by Crippen LogP contribution is 2.42. The van der Waals surface area contributed by atoms with Crippen LogP contribution in [0.15, 0.2) is 66.7 Å². The maximum Gasteiger partial charge on any atom is 0.416 e. The molecule has 0 spiro atoms. The van der Waals surface area contributed by atoms with Crippen LogP contribution in [0.1, 0.15) is 53.0 Å². The molecule has 12 heteroatoms. The van der Waals surface area contributed by atoms with Crippen LogP contribution in [0.25, 0.3) is 0 Å². The van der Waals surface area contributed by atoms with Crippen molar-refractivity contribution in [3.8, 4) is 0 Å². The summed E-state index contributed by atoms with van der Waals surface area (Å²) in [5.41, 5.74) is -2.06. The Balaban J connectivity index is 1.40. The fourth-order valence-electron chi connectivity index (χ4n) is 6.36. The van der Waals surface area contributed by atoms with Crippen LogP contribution in [0.4, 0.5) is 31.1 Å². The van der Waals surface area contributed by atoms with E-state index in [1.807, 2.05) is 18.2 Å². The lowest BCUT2D eigenvalue weighted by atomic mass is 9.84. The summed E-state index contributed by atoms with van der Waals surface area (Å²) in [5.74, 6) is 0.455. The van der Waals surface area contributed by atoms with Crippen molar-refractivity contribution in [3.05, 3.63) is 105 Å². The maximum atomic E-state index is 13.6. The number of amides is 2. The maximum absolute atomic E-state index is 13.6. The molecule has 0 N–H and O–H groups in total. The first-order chi connectivity index (χ1) is 20.7. The van der Waals surface area contributed by atoms with Crippen LogP contribution in [0.3, 0.4) is 0 Å². The summed E-state index contributed by atoms with van der Waals surface area (Å²) in [6.45, 7) is 1.93. The fraction of sp³-hybridized carbons (Fsp3) is 0.406. The highest BCUT2D eigenvalue weighted by molar-refractivity contribution is 6.42. The van der Waals surface area contributed by atoms with Gasteiger partial charge in [-0.15, -0.1) is 0 Å². The summed E-state index contributed by atoms with van der Waals surface area (Å²) >= 11 is 12.6.